The minimum atomic E-state index is -0.641. The quantitative estimate of drug-likeness (QED) is 0.199. The van der Waals surface area contributed by atoms with Crippen LogP contribution in [0.5, 0.6) is 0 Å². The molecular formula is C22H44O4. The number of rotatable bonds is 14. The molecule has 0 amide bonds. The Kier molecular flexibility index (Phi) is 12.4. The maximum absolute atomic E-state index is 12.5. The van der Waals surface area contributed by atoms with Crippen molar-refractivity contribution in [3.8, 4) is 0 Å². The summed E-state index contributed by atoms with van der Waals surface area (Å²) >= 11 is 0. The van der Waals surface area contributed by atoms with Crippen LogP contribution in [0, 0.1) is 11.3 Å². The zero-order chi connectivity index (χ0) is 20.2. The molecule has 0 heterocycles. The van der Waals surface area contributed by atoms with Crippen molar-refractivity contribution >= 4 is 5.97 Å². The van der Waals surface area contributed by atoms with Gasteiger partial charge in [0.1, 0.15) is 0 Å². The van der Waals surface area contributed by atoms with Crippen LogP contribution in [0.15, 0.2) is 0 Å². The van der Waals surface area contributed by atoms with Gasteiger partial charge in [-0.1, -0.05) is 73.6 Å². The Balaban J connectivity index is 4.63. The van der Waals surface area contributed by atoms with Gasteiger partial charge in [0.25, 0.3) is 0 Å². The minimum Gasteiger partial charge on any atom is -0.463 e. The SMILES string of the molecule is CCCCC(CC)COC(=O)C(CCCC)OOC(C)(C)CC(C)(C)C. The zero-order valence-corrected chi connectivity index (χ0v) is 18.7. The lowest BCUT2D eigenvalue weighted by Gasteiger charge is -2.32. The highest BCUT2D eigenvalue weighted by molar-refractivity contribution is 5.74. The van der Waals surface area contributed by atoms with Crippen LogP contribution in [0.1, 0.15) is 107 Å². The molecule has 4 nitrogen and oxygen atoms in total. The van der Waals surface area contributed by atoms with Crippen molar-refractivity contribution in [2.75, 3.05) is 6.61 Å². The number of carbonyl (C=O) groups excluding carboxylic acids is 1. The molecule has 26 heavy (non-hydrogen) atoms. The molecule has 2 unspecified atom stereocenters. The summed E-state index contributed by atoms with van der Waals surface area (Å²) in [6.07, 6.45) is 7.23. The van der Waals surface area contributed by atoms with Gasteiger partial charge in [-0.25, -0.2) is 14.6 Å². The Morgan fingerprint density at radius 3 is 2.00 bits per heavy atom. The fourth-order valence-electron chi connectivity index (χ4n) is 3.28. The van der Waals surface area contributed by atoms with Crippen LogP contribution < -0.4 is 0 Å². The first-order valence-corrected chi connectivity index (χ1v) is 10.6. The number of hydrogen-bond donors (Lipinski definition) is 0. The van der Waals surface area contributed by atoms with E-state index < -0.39 is 11.7 Å². The average Bonchev–Trinajstić information content (AvgIpc) is 2.52. The second-order valence-corrected chi connectivity index (χ2v) is 9.35. The molecule has 0 aliphatic rings. The molecule has 0 saturated heterocycles. The molecule has 156 valence electrons. The van der Waals surface area contributed by atoms with Gasteiger partial charge in [-0.05, 0) is 44.4 Å². The number of ether oxygens (including phenoxy) is 1. The van der Waals surface area contributed by atoms with E-state index in [1.165, 1.54) is 12.8 Å². The zero-order valence-electron chi connectivity index (χ0n) is 18.7. The fraction of sp³-hybridized carbons (Fsp3) is 0.955. The molecule has 0 bridgehead atoms. The predicted octanol–water partition coefficient (Wildman–Crippen LogP) is 6.47. The van der Waals surface area contributed by atoms with E-state index in [0.29, 0.717) is 18.9 Å². The monoisotopic (exact) mass is 372 g/mol. The first-order chi connectivity index (χ1) is 12.0. The van der Waals surface area contributed by atoms with Crippen molar-refractivity contribution in [2.24, 2.45) is 11.3 Å². The van der Waals surface area contributed by atoms with Gasteiger partial charge in [0.05, 0.1) is 12.2 Å². The van der Waals surface area contributed by atoms with Crippen LogP contribution >= 0.6 is 0 Å². The van der Waals surface area contributed by atoms with Crippen LogP contribution in [0.4, 0.5) is 0 Å². The lowest BCUT2D eigenvalue weighted by atomic mass is 9.84. The van der Waals surface area contributed by atoms with Crippen LogP contribution in [0.2, 0.25) is 0 Å². The maximum Gasteiger partial charge on any atom is 0.338 e. The van der Waals surface area contributed by atoms with Gasteiger partial charge < -0.3 is 4.74 Å². The van der Waals surface area contributed by atoms with E-state index in [4.69, 9.17) is 14.5 Å². The Morgan fingerprint density at radius 1 is 0.923 bits per heavy atom. The highest BCUT2D eigenvalue weighted by Crippen LogP contribution is 2.30. The highest BCUT2D eigenvalue weighted by atomic mass is 17.2. The molecule has 0 radical (unpaired) electrons. The maximum atomic E-state index is 12.5. The van der Waals surface area contributed by atoms with Crippen molar-refractivity contribution in [3.63, 3.8) is 0 Å². The van der Waals surface area contributed by atoms with Gasteiger partial charge in [-0.3, -0.25) is 0 Å². The summed E-state index contributed by atoms with van der Waals surface area (Å²) < 4.78 is 5.57. The molecule has 0 aromatic rings. The van der Waals surface area contributed by atoms with E-state index in [-0.39, 0.29) is 11.4 Å². The third-order valence-corrected chi connectivity index (χ3v) is 4.43. The van der Waals surface area contributed by atoms with Gasteiger partial charge in [-0.2, -0.15) is 0 Å². The molecule has 0 aliphatic carbocycles. The highest BCUT2D eigenvalue weighted by Gasteiger charge is 2.31. The lowest BCUT2D eigenvalue weighted by molar-refractivity contribution is -0.377. The minimum absolute atomic E-state index is 0.125. The van der Waals surface area contributed by atoms with Gasteiger partial charge in [0.15, 0.2) is 6.10 Å². The summed E-state index contributed by atoms with van der Waals surface area (Å²) in [5, 5.41) is 0. The molecule has 2 atom stereocenters. The molecule has 0 saturated carbocycles. The van der Waals surface area contributed by atoms with Crippen molar-refractivity contribution < 1.29 is 19.3 Å². The molecule has 0 aliphatic heterocycles. The van der Waals surface area contributed by atoms with Crippen molar-refractivity contribution in [3.05, 3.63) is 0 Å². The van der Waals surface area contributed by atoms with Gasteiger partial charge in [0.2, 0.25) is 0 Å². The van der Waals surface area contributed by atoms with Crippen LogP contribution in [0.3, 0.4) is 0 Å². The summed E-state index contributed by atoms with van der Waals surface area (Å²) in [5.74, 6) is 0.143. The molecule has 0 spiro atoms. The van der Waals surface area contributed by atoms with Crippen LogP contribution in [0.25, 0.3) is 0 Å². The van der Waals surface area contributed by atoms with E-state index in [0.717, 1.165) is 32.1 Å². The van der Waals surface area contributed by atoms with E-state index >= 15 is 0 Å². The van der Waals surface area contributed by atoms with Crippen LogP contribution in [-0.2, 0) is 19.3 Å². The number of carbonyl (C=O) groups is 1. The molecular weight excluding hydrogens is 328 g/mol. The lowest BCUT2D eigenvalue weighted by Crippen LogP contribution is -2.35. The van der Waals surface area contributed by atoms with Crippen LogP contribution in [-0.4, -0.2) is 24.3 Å². The van der Waals surface area contributed by atoms with Crippen molar-refractivity contribution in [1.82, 2.24) is 0 Å². The molecule has 0 N–H and O–H groups in total. The summed E-state index contributed by atoms with van der Waals surface area (Å²) in [6.45, 7) is 17.4. The number of unbranched alkanes of at least 4 members (excludes halogenated alkanes) is 2. The fourth-order valence-corrected chi connectivity index (χ4v) is 3.28. The summed E-state index contributed by atoms with van der Waals surface area (Å²) in [5.41, 5.74) is -0.323. The second kappa shape index (κ2) is 12.7. The standard InChI is InChI=1S/C22H44O4/c1-9-12-14-18(11-3)16-24-20(23)19(15-13-10-2)25-26-22(7,8)17-21(4,5)6/h18-19H,9-17H2,1-8H3. The van der Waals surface area contributed by atoms with E-state index in [1.807, 2.05) is 13.8 Å². The molecule has 4 heteroatoms. The van der Waals surface area contributed by atoms with Crippen molar-refractivity contribution in [1.29, 1.82) is 0 Å². The van der Waals surface area contributed by atoms with Crippen molar-refractivity contribution in [2.45, 2.75) is 118 Å². The Morgan fingerprint density at radius 2 is 1.50 bits per heavy atom. The summed E-state index contributed by atoms with van der Waals surface area (Å²) in [6, 6.07) is 0. The van der Waals surface area contributed by atoms with E-state index in [9.17, 15) is 4.79 Å². The first-order valence-electron chi connectivity index (χ1n) is 10.6. The topological polar surface area (TPSA) is 44.8 Å². The van der Waals surface area contributed by atoms with Gasteiger partial charge in [0, 0.05) is 0 Å². The Bertz CT molecular complexity index is 371. The van der Waals surface area contributed by atoms with E-state index in [2.05, 4.69) is 41.5 Å². The molecule has 0 fully saturated rings. The summed E-state index contributed by atoms with van der Waals surface area (Å²) in [4.78, 5) is 23.8. The smallest absolute Gasteiger partial charge is 0.338 e. The largest absolute Gasteiger partial charge is 0.463 e. The normalized spacial score (nSPS) is 14.9. The van der Waals surface area contributed by atoms with Gasteiger partial charge in [-0.15, -0.1) is 0 Å². The second-order valence-electron chi connectivity index (χ2n) is 9.35. The number of hydrogen-bond acceptors (Lipinski definition) is 4. The third kappa shape index (κ3) is 12.7. The summed E-state index contributed by atoms with van der Waals surface area (Å²) in [7, 11) is 0. The first kappa shape index (κ1) is 25.4. The average molecular weight is 373 g/mol. The number of esters is 1. The van der Waals surface area contributed by atoms with Gasteiger partial charge >= 0.3 is 5.97 Å². The molecule has 0 aromatic carbocycles. The Hall–Kier alpha value is -0.610. The molecule has 0 rings (SSSR count). The predicted molar refractivity (Wildman–Crippen MR) is 108 cm³/mol. The third-order valence-electron chi connectivity index (χ3n) is 4.43. The van der Waals surface area contributed by atoms with E-state index in [1.54, 1.807) is 0 Å². The molecule has 0 aromatic heterocycles. The Labute approximate surface area is 162 Å².